The molecule has 0 unspecified atom stereocenters. The van der Waals surface area contributed by atoms with Crippen molar-refractivity contribution in [1.29, 1.82) is 0 Å². The van der Waals surface area contributed by atoms with Crippen LogP contribution in [0, 0.1) is 30.9 Å². The van der Waals surface area contributed by atoms with E-state index in [1.165, 1.54) is 16.8 Å². The molecular formula is C18H17N5O3. The number of carbonyl (C=O) groups excluding carboxylic acids is 1. The van der Waals surface area contributed by atoms with Gasteiger partial charge in [0.15, 0.2) is 5.69 Å². The molecule has 3 rings (SSSR count). The van der Waals surface area contributed by atoms with Gasteiger partial charge in [0.25, 0.3) is 11.6 Å². The molecule has 0 saturated carbocycles. The standard InChI is InChI=1S/C18H17N5O3/c1-11-7-8-16(12(2)9-11)19-18(24)17-13(3)22(21-20-17)14-5-4-6-15(10-14)23(25)26/h4-10H,1-3H3,(H,19,24). The first-order chi connectivity index (χ1) is 12.4. The van der Waals surface area contributed by atoms with Crippen LogP contribution < -0.4 is 5.32 Å². The number of nitrogens with zero attached hydrogens (tertiary/aromatic N) is 4. The maximum Gasteiger partial charge on any atom is 0.278 e. The number of rotatable bonds is 4. The van der Waals surface area contributed by atoms with Gasteiger partial charge in [-0.05, 0) is 38.5 Å². The largest absolute Gasteiger partial charge is 0.320 e. The van der Waals surface area contributed by atoms with Gasteiger partial charge in [-0.1, -0.05) is 29.0 Å². The number of nitro groups is 1. The number of hydrogen-bond acceptors (Lipinski definition) is 5. The van der Waals surface area contributed by atoms with Gasteiger partial charge in [-0.15, -0.1) is 5.10 Å². The van der Waals surface area contributed by atoms with Crippen molar-refractivity contribution in [3.63, 3.8) is 0 Å². The maximum atomic E-state index is 12.6. The van der Waals surface area contributed by atoms with Crippen LogP contribution in [0.4, 0.5) is 11.4 Å². The number of aromatic nitrogens is 3. The summed E-state index contributed by atoms with van der Waals surface area (Å²) in [7, 11) is 0. The summed E-state index contributed by atoms with van der Waals surface area (Å²) in [6, 6.07) is 11.7. The average molecular weight is 351 g/mol. The van der Waals surface area contributed by atoms with Gasteiger partial charge in [-0.25, -0.2) is 4.68 Å². The number of aryl methyl sites for hydroxylation is 2. The molecule has 0 aliphatic rings. The fourth-order valence-electron chi connectivity index (χ4n) is 2.66. The number of nitrogens with one attached hydrogen (secondary N) is 1. The maximum absolute atomic E-state index is 12.6. The van der Waals surface area contributed by atoms with Crippen LogP contribution in [0.1, 0.15) is 27.3 Å². The van der Waals surface area contributed by atoms with Crippen molar-refractivity contribution in [3.8, 4) is 5.69 Å². The number of amides is 1. The molecule has 1 N–H and O–H groups in total. The Balaban J connectivity index is 1.90. The summed E-state index contributed by atoms with van der Waals surface area (Å²) < 4.78 is 1.41. The third-order valence-corrected chi connectivity index (χ3v) is 4.02. The van der Waals surface area contributed by atoms with Crippen molar-refractivity contribution in [2.75, 3.05) is 5.32 Å². The van der Waals surface area contributed by atoms with Gasteiger partial charge in [0.05, 0.1) is 16.3 Å². The monoisotopic (exact) mass is 351 g/mol. The van der Waals surface area contributed by atoms with E-state index in [4.69, 9.17) is 0 Å². The molecule has 1 heterocycles. The van der Waals surface area contributed by atoms with Crippen LogP contribution in [0.25, 0.3) is 5.69 Å². The van der Waals surface area contributed by atoms with Gasteiger partial charge in [-0.3, -0.25) is 14.9 Å². The zero-order valence-corrected chi connectivity index (χ0v) is 14.6. The molecular weight excluding hydrogens is 334 g/mol. The fraction of sp³-hybridized carbons (Fsp3) is 0.167. The van der Waals surface area contributed by atoms with E-state index in [1.54, 1.807) is 19.1 Å². The average Bonchev–Trinajstić information content (AvgIpc) is 2.99. The molecule has 8 nitrogen and oxygen atoms in total. The minimum atomic E-state index is -0.483. The second-order valence-corrected chi connectivity index (χ2v) is 5.98. The van der Waals surface area contributed by atoms with E-state index >= 15 is 0 Å². The second kappa shape index (κ2) is 6.75. The van der Waals surface area contributed by atoms with Crippen molar-refractivity contribution < 1.29 is 9.72 Å². The minimum Gasteiger partial charge on any atom is -0.320 e. The van der Waals surface area contributed by atoms with E-state index in [0.717, 1.165) is 11.1 Å². The zero-order chi connectivity index (χ0) is 18.8. The predicted molar refractivity (Wildman–Crippen MR) is 96.6 cm³/mol. The lowest BCUT2D eigenvalue weighted by molar-refractivity contribution is -0.384. The molecule has 0 radical (unpaired) electrons. The van der Waals surface area contributed by atoms with Crippen LogP contribution >= 0.6 is 0 Å². The first kappa shape index (κ1) is 17.3. The lowest BCUT2D eigenvalue weighted by Gasteiger charge is -2.08. The molecule has 1 aromatic heterocycles. The number of hydrogen-bond donors (Lipinski definition) is 1. The lowest BCUT2D eigenvalue weighted by atomic mass is 10.1. The molecule has 0 spiro atoms. The van der Waals surface area contributed by atoms with E-state index in [-0.39, 0.29) is 17.3 Å². The summed E-state index contributed by atoms with van der Waals surface area (Å²) in [5.74, 6) is -0.383. The molecule has 0 atom stereocenters. The van der Waals surface area contributed by atoms with E-state index in [9.17, 15) is 14.9 Å². The van der Waals surface area contributed by atoms with Crippen molar-refractivity contribution in [3.05, 3.63) is 75.1 Å². The molecule has 132 valence electrons. The summed E-state index contributed by atoms with van der Waals surface area (Å²) in [5.41, 5.74) is 3.82. The Morgan fingerprint density at radius 3 is 2.62 bits per heavy atom. The van der Waals surface area contributed by atoms with Gasteiger partial charge in [0, 0.05) is 17.8 Å². The van der Waals surface area contributed by atoms with E-state index < -0.39 is 4.92 Å². The van der Waals surface area contributed by atoms with Crippen LogP contribution in [-0.2, 0) is 0 Å². The second-order valence-electron chi connectivity index (χ2n) is 5.98. The summed E-state index contributed by atoms with van der Waals surface area (Å²) >= 11 is 0. The van der Waals surface area contributed by atoms with Crippen LogP contribution in [0.5, 0.6) is 0 Å². The Hall–Kier alpha value is -3.55. The quantitative estimate of drug-likeness (QED) is 0.573. The van der Waals surface area contributed by atoms with Gasteiger partial charge in [-0.2, -0.15) is 0 Å². The highest BCUT2D eigenvalue weighted by Gasteiger charge is 2.19. The first-order valence-electron chi connectivity index (χ1n) is 7.92. The SMILES string of the molecule is Cc1ccc(NC(=O)c2nnn(-c3cccc([N+](=O)[O-])c3)c2C)c(C)c1. The highest BCUT2D eigenvalue weighted by Crippen LogP contribution is 2.20. The third-order valence-electron chi connectivity index (χ3n) is 4.02. The summed E-state index contributed by atoms with van der Waals surface area (Å²) in [6.45, 7) is 5.58. The van der Waals surface area contributed by atoms with Crippen LogP contribution in [0.15, 0.2) is 42.5 Å². The van der Waals surface area contributed by atoms with E-state index in [0.29, 0.717) is 17.1 Å². The molecule has 0 saturated heterocycles. The molecule has 0 aliphatic carbocycles. The van der Waals surface area contributed by atoms with Crippen molar-refractivity contribution >= 4 is 17.3 Å². The molecule has 8 heteroatoms. The Bertz CT molecular complexity index is 1010. The van der Waals surface area contributed by atoms with Crippen molar-refractivity contribution in [2.45, 2.75) is 20.8 Å². The lowest BCUT2D eigenvalue weighted by Crippen LogP contribution is -2.15. The summed E-state index contributed by atoms with van der Waals surface area (Å²) in [4.78, 5) is 23.0. The van der Waals surface area contributed by atoms with Crippen LogP contribution in [0.2, 0.25) is 0 Å². The molecule has 0 aliphatic heterocycles. The number of non-ortho nitro benzene ring substituents is 1. The van der Waals surface area contributed by atoms with Gasteiger partial charge in [0.1, 0.15) is 0 Å². The molecule has 3 aromatic rings. The Kier molecular flexibility index (Phi) is 4.49. The Labute approximate surface area is 149 Å². The highest BCUT2D eigenvalue weighted by atomic mass is 16.6. The number of anilines is 1. The Morgan fingerprint density at radius 1 is 1.15 bits per heavy atom. The summed E-state index contributed by atoms with van der Waals surface area (Å²) in [6.07, 6.45) is 0. The van der Waals surface area contributed by atoms with E-state index in [2.05, 4.69) is 15.6 Å². The highest BCUT2D eigenvalue weighted by molar-refractivity contribution is 6.04. The van der Waals surface area contributed by atoms with Gasteiger partial charge >= 0.3 is 0 Å². The topological polar surface area (TPSA) is 103 Å². The molecule has 1 amide bonds. The zero-order valence-electron chi connectivity index (χ0n) is 14.6. The normalized spacial score (nSPS) is 10.6. The molecule has 2 aromatic carbocycles. The molecule has 0 bridgehead atoms. The number of nitro benzene ring substituents is 1. The predicted octanol–water partition coefficient (Wildman–Crippen LogP) is 3.35. The third kappa shape index (κ3) is 3.30. The smallest absolute Gasteiger partial charge is 0.278 e. The van der Waals surface area contributed by atoms with Crippen molar-refractivity contribution in [2.24, 2.45) is 0 Å². The molecule has 26 heavy (non-hydrogen) atoms. The Morgan fingerprint density at radius 2 is 1.92 bits per heavy atom. The summed E-state index contributed by atoms with van der Waals surface area (Å²) in [5, 5.41) is 21.7. The fourth-order valence-corrected chi connectivity index (χ4v) is 2.66. The van der Waals surface area contributed by atoms with Gasteiger partial charge < -0.3 is 5.32 Å². The number of benzene rings is 2. The van der Waals surface area contributed by atoms with Gasteiger partial charge in [0.2, 0.25) is 0 Å². The molecule has 0 fully saturated rings. The number of carbonyl (C=O) groups is 1. The van der Waals surface area contributed by atoms with Crippen LogP contribution in [0.3, 0.4) is 0 Å². The first-order valence-corrected chi connectivity index (χ1v) is 7.92. The van der Waals surface area contributed by atoms with Crippen LogP contribution in [-0.4, -0.2) is 25.8 Å². The van der Waals surface area contributed by atoms with E-state index in [1.807, 2.05) is 32.0 Å². The van der Waals surface area contributed by atoms with Crippen molar-refractivity contribution in [1.82, 2.24) is 15.0 Å². The minimum absolute atomic E-state index is 0.0568.